The molecule has 0 spiro atoms. The Balaban J connectivity index is 2.24. The van der Waals surface area contributed by atoms with Crippen molar-refractivity contribution in [3.63, 3.8) is 0 Å². The third-order valence-corrected chi connectivity index (χ3v) is 1.86. The van der Waals surface area contributed by atoms with Crippen LogP contribution in [-0.2, 0) is 9.59 Å². The molecule has 14 heavy (non-hydrogen) atoms. The molecule has 1 rings (SSSR count). The van der Waals surface area contributed by atoms with Gasteiger partial charge in [-0.2, -0.15) is 5.26 Å². The number of hydrogen-bond donors (Lipinski definition) is 3. The van der Waals surface area contributed by atoms with Crippen LogP contribution in [0.2, 0.25) is 0 Å². The Morgan fingerprint density at radius 3 is 3.07 bits per heavy atom. The summed E-state index contributed by atoms with van der Waals surface area (Å²) in [4.78, 5) is 22.1. The highest BCUT2D eigenvalue weighted by Gasteiger charge is 2.22. The predicted octanol–water partition coefficient (Wildman–Crippen LogP) is -1.90. The van der Waals surface area contributed by atoms with E-state index in [1.807, 2.05) is 6.07 Å². The molecule has 1 atom stereocenters. The molecule has 0 aromatic heterocycles. The molecule has 0 radical (unpaired) electrons. The SMILES string of the molecule is N#CCCNC(=O)C1CNC(=O)CN1. The zero-order valence-electron chi connectivity index (χ0n) is 7.67. The summed E-state index contributed by atoms with van der Waals surface area (Å²) in [7, 11) is 0. The van der Waals surface area contributed by atoms with Gasteiger partial charge in [0, 0.05) is 13.1 Å². The van der Waals surface area contributed by atoms with Crippen LogP contribution in [0.4, 0.5) is 0 Å². The topological polar surface area (TPSA) is 94.0 Å². The number of amides is 2. The van der Waals surface area contributed by atoms with Crippen LogP contribution in [0, 0.1) is 11.3 Å². The third-order valence-electron chi connectivity index (χ3n) is 1.86. The van der Waals surface area contributed by atoms with E-state index in [2.05, 4.69) is 16.0 Å². The average molecular weight is 196 g/mol. The number of rotatable bonds is 3. The number of piperazine rings is 1. The maximum absolute atomic E-state index is 11.3. The van der Waals surface area contributed by atoms with Gasteiger partial charge in [-0.1, -0.05) is 0 Å². The summed E-state index contributed by atoms with van der Waals surface area (Å²) in [6.07, 6.45) is 0.296. The van der Waals surface area contributed by atoms with Crippen LogP contribution < -0.4 is 16.0 Å². The second-order valence-electron chi connectivity index (χ2n) is 2.94. The summed E-state index contributed by atoms with van der Waals surface area (Å²) >= 11 is 0. The van der Waals surface area contributed by atoms with Crippen LogP contribution >= 0.6 is 0 Å². The van der Waals surface area contributed by atoms with Crippen molar-refractivity contribution in [2.75, 3.05) is 19.6 Å². The summed E-state index contributed by atoms with van der Waals surface area (Å²) in [5.41, 5.74) is 0. The van der Waals surface area contributed by atoms with Crippen molar-refractivity contribution in [1.82, 2.24) is 16.0 Å². The van der Waals surface area contributed by atoms with E-state index in [0.717, 1.165) is 0 Å². The zero-order chi connectivity index (χ0) is 10.4. The Bertz CT molecular complexity index is 261. The van der Waals surface area contributed by atoms with Gasteiger partial charge < -0.3 is 10.6 Å². The fourth-order valence-corrected chi connectivity index (χ4v) is 1.12. The van der Waals surface area contributed by atoms with Gasteiger partial charge in [0.05, 0.1) is 19.0 Å². The highest BCUT2D eigenvalue weighted by Crippen LogP contribution is 1.88. The molecule has 0 aliphatic carbocycles. The quantitative estimate of drug-likeness (QED) is 0.460. The molecule has 1 heterocycles. The summed E-state index contributed by atoms with van der Waals surface area (Å²) in [5.74, 6) is -0.286. The molecule has 0 aromatic rings. The fourth-order valence-electron chi connectivity index (χ4n) is 1.12. The van der Waals surface area contributed by atoms with E-state index in [4.69, 9.17) is 5.26 Å². The van der Waals surface area contributed by atoms with E-state index >= 15 is 0 Å². The lowest BCUT2D eigenvalue weighted by Crippen LogP contribution is -2.58. The molecule has 76 valence electrons. The average Bonchev–Trinajstić information content (AvgIpc) is 2.19. The third kappa shape index (κ3) is 3.03. The van der Waals surface area contributed by atoms with Crippen LogP contribution in [0.3, 0.4) is 0 Å². The highest BCUT2D eigenvalue weighted by molar-refractivity contribution is 5.86. The highest BCUT2D eigenvalue weighted by atomic mass is 16.2. The van der Waals surface area contributed by atoms with E-state index in [-0.39, 0.29) is 24.4 Å². The first kappa shape index (κ1) is 10.5. The maximum Gasteiger partial charge on any atom is 0.239 e. The molecule has 0 bridgehead atoms. The minimum Gasteiger partial charge on any atom is -0.354 e. The first-order chi connectivity index (χ1) is 6.74. The van der Waals surface area contributed by atoms with Crippen LogP contribution in [0.25, 0.3) is 0 Å². The molecular weight excluding hydrogens is 184 g/mol. The van der Waals surface area contributed by atoms with Gasteiger partial charge in [-0.15, -0.1) is 0 Å². The smallest absolute Gasteiger partial charge is 0.239 e. The Morgan fingerprint density at radius 2 is 2.50 bits per heavy atom. The van der Waals surface area contributed by atoms with Gasteiger partial charge in [-0.3, -0.25) is 14.9 Å². The van der Waals surface area contributed by atoms with Crippen molar-refractivity contribution in [2.45, 2.75) is 12.5 Å². The molecular formula is C8H12N4O2. The lowest BCUT2D eigenvalue weighted by Gasteiger charge is -2.22. The van der Waals surface area contributed by atoms with Crippen LogP contribution in [0.15, 0.2) is 0 Å². The van der Waals surface area contributed by atoms with Crippen molar-refractivity contribution in [3.8, 4) is 6.07 Å². The number of hydrogen-bond acceptors (Lipinski definition) is 4. The maximum atomic E-state index is 11.3. The minimum absolute atomic E-state index is 0.105. The molecule has 1 saturated heterocycles. The van der Waals surface area contributed by atoms with Crippen LogP contribution in [0.5, 0.6) is 0 Å². The molecule has 0 saturated carbocycles. The standard InChI is InChI=1S/C8H12N4O2/c9-2-1-3-10-8(14)6-4-12-7(13)5-11-6/h6,11H,1,3-5H2,(H,10,14)(H,12,13). The van der Waals surface area contributed by atoms with E-state index in [1.54, 1.807) is 0 Å². The van der Waals surface area contributed by atoms with Crippen molar-refractivity contribution < 1.29 is 9.59 Å². The number of nitriles is 1. The van der Waals surface area contributed by atoms with Crippen LogP contribution in [-0.4, -0.2) is 37.5 Å². The van der Waals surface area contributed by atoms with E-state index < -0.39 is 0 Å². The van der Waals surface area contributed by atoms with Crippen molar-refractivity contribution in [1.29, 1.82) is 5.26 Å². The van der Waals surface area contributed by atoms with Gasteiger partial charge >= 0.3 is 0 Å². The summed E-state index contributed by atoms with van der Waals surface area (Å²) in [5, 5.41) is 16.2. The Labute approximate surface area is 81.7 Å². The molecule has 6 heteroatoms. The van der Waals surface area contributed by atoms with Crippen LogP contribution in [0.1, 0.15) is 6.42 Å². The molecule has 1 unspecified atom stereocenters. The second-order valence-corrected chi connectivity index (χ2v) is 2.94. The predicted molar refractivity (Wildman–Crippen MR) is 48.0 cm³/mol. The first-order valence-corrected chi connectivity index (χ1v) is 4.39. The normalized spacial score (nSPS) is 20.8. The lowest BCUT2D eigenvalue weighted by molar-refractivity contribution is -0.126. The molecule has 1 aliphatic heterocycles. The van der Waals surface area contributed by atoms with Gasteiger partial charge in [-0.05, 0) is 0 Å². The Morgan fingerprint density at radius 1 is 1.71 bits per heavy atom. The number of nitrogens with zero attached hydrogens (tertiary/aromatic N) is 1. The van der Waals surface area contributed by atoms with Gasteiger partial charge in [0.15, 0.2) is 0 Å². The Hall–Kier alpha value is -1.61. The molecule has 1 fully saturated rings. The van der Waals surface area contributed by atoms with Crippen molar-refractivity contribution in [2.24, 2.45) is 0 Å². The van der Waals surface area contributed by atoms with Gasteiger partial charge in [0.1, 0.15) is 6.04 Å². The molecule has 3 N–H and O–H groups in total. The van der Waals surface area contributed by atoms with Gasteiger partial charge in [0.2, 0.25) is 11.8 Å². The molecule has 6 nitrogen and oxygen atoms in total. The van der Waals surface area contributed by atoms with Crippen molar-refractivity contribution >= 4 is 11.8 Å². The summed E-state index contributed by atoms with van der Waals surface area (Å²) in [6, 6.07) is 1.55. The minimum atomic E-state index is -0.383. The lowest BCUT2D eigenvalue weighted by atomic mass is 10.2. The number of nitrogens with one attached hydrogen (secondary N) is 3. The zero-order valence-corrected chi connectivity index (χ0v) is 7.67. The monoisotopic (exact) mass is 196 g/mol. The van der Waals surface area contributed by atoms with Crippen molar-refractivity contribution in [3.05, 3.63) is 0 Å². The fraction of sp³-hybridized carbons (Fsp3) is 0.625. The molecule has 2 amide bonds. The van der Waals surface area contributed by atoms with E-state index in [1.165, 1.54) is 0 Å². The Kier molecular flexibility index (Phi) is 3.88. The van der Waals surface area contributed by atoms with E-state index in [9.17, 15) is 9.59 Å². The largest absolute Gasteiger partial charge is 0.354 e. The molecule has 0 aromatic carbocycles. The van der Waals surface area contributed by atoms with Gasteiger partial charge in [-0.25, -0.2) is 0 Å². The summed E-state index contributed by atoms with van der Waals surface area (Å²) in [6.45, 7) is 0.815. The number of carbonyl (C=O) groups excluding carboxylic acids is 2. The van der Waals surface area contributed by atoms with E-state index in [0.29, 0.717) is 19.5 Å². The second kappa shape index (κ2) is 5.19. The van der Waals surface area contributed by atoms with Gasteiger partial charge in [0.25, 0.3) is 0 Å². The number of carbonyl (C=O) groups is 2. The molecule has 1 aliphatic rings. The first-order valence-electron chi connectivity index (χ1n) is 4.39. The summed E-state index contributed by atoms with van der Waals surface area (Å²) < 4.78 is 0.